The smallest absolute Gasteiger partial charge is 0.215 e. The van der Waals surface area contributed by atoms with Crippen LogP contribution < -0.4 is 9.62 Å². The van der Waals surface area contributed by atoms with Crippen molar-refractivity contribution in [3.63, 3.8) is 0 Å². The number of aliphatic hydroxyl groups excluding tert-OH is 1. The number of anilines is 1. The summed E-state index contributed by atoms with van der Waals surface area (Å²) >= 11 is 0. The van der Waals surface area contributed by atoms with E-state index >= 15 is 0 Å². The first-order valence-electron chi connectivity index (χ1n) is 7.75. The highest BCUT2D eigenvalue weighted by Gasteiger charge is 2.15. The van der Waals surface area contributed by atoms with Gasteiger partial charge in [-0.2, -0.15) is 0 Å². The third-order valence-electron chi connectivity index (χ3n) is 3.73. The zero-order chi connectivity index (χ0) is 17.7. The minimum atomic E-state index is -3.49. The number of aliphatic hydroxyl groups is 1. The van der Waals surface area contributed by atoms with Crippen molar-refractivity contribution < 1.29 is 13.5 Å². The molecule has 2 aromatic carbocycles. The predicted molar refractivity (Wildman–Crippen MR) is 97.5 cm³/mol. The first kappa shape index (κ1) is 18.4. The molecule has 2 rings (SSSR count). The molecule has 0 saturated carbocycles. The highest BCUT2D eigenvalue weighted by Crippen LogP contribution is 2.18. The zero-order valence-corrected chi connectivity index (χ0v) is 15.0. The molecule has 0 fully saturated rings. The van der Waals surface area contributed by atoms with E-state index < -0.39 is 16.1 Å². The Balaban J connectivity index is 1.95. The van der Waals surface area contributed by atoms with Crippen molar-refractivity contribution in [1.82, 2.24) is 4.72 Å². The fourth-order valence-corrected chi connectivity index (χ4v) is 3.52. The largest absolute Gasteiger partial charge is 0.387 e. The predicted octanol–water partition coefficient (Wildman–Crippen LogP) is 2.21. The molecular weight excluding hydrogens is 324 g/mol. The molecule has 0 aliphatic rings. The molecule has 0 aliphatic heterocycles. The summed E-state index contributed by atoms with van der Waals surface area (Å²) in [7, 11) is 0.376. The Morgan fingerprint density at radius 1 is 1.12 bits per heavy atom. The van der Waals surface area contributed by atoms with Crippen LogP contribution in [0.5, 0.6) is 0 Å². The molecule has 2 N–H and O–H groups in total. The van der Waals surface area contributed by atoms with Gasteiger partial charge in [-0.1, -0.05) is 42.0 Å². The van der Waals surface area contributed by atoms with E-state index in [1.807, 2.05) is 56.3 Å². The van der Waals surface area contributed by atoms with Gasteiger partial charge in [-0.15, -0.1) is 0 Å². The van der Waals surface area contributed by atoms with Crippen molar-refractivity contribution in [2.45, 2.75) is 18.8 Å². The Bertz CT molecular complexity index is 771. The second-order valence-corrected chi connectivity index (χ2v) is 7.91. The van der Waals surface area contributed by atoms with Gasteiger partial charge in [0.15, 0.2) is 0 Å². The zero-order valence-electron chi connectivity index (χ0n) is 14.2. The molecule has 6 heteroatoms. The van der Waals surface area contributed by atoms with E-state index in [9.17, 15) is 13.5 Å². The van der Waals surface area contributed by atoms with Crippen molar-refractivity contribution in [2.75, 3.05) is 25.5 Å². The van der Waals surface area contributed by atoms with Crippen LogP contribution in [0.15, 0.2) is 48.5 Å². The number of nitrogens with one attached hydrogen (secondary N) is 1. The van der Waals surface area contributed by atoms with Crippen LogP contribution in [0, 0.1) is 6.92 Å². The molecule has 2 aromatic rings. The lowest BCUT2D eigenvalue weighted by Crippen LogP contribution is -2.29. The quantitative estimate of drug-likeness (QED) is 0.805. The van der Waals surface area contributed by atoms with Gasteiger partial charge < -0.3 is 10.0 Å². The summed E-state index contributed by atoms with van der Waals surface area (Å²) in [5, 5.41) is 10.2. The Morgan fingerprint density at radius 2 is 1.79 bits per heavy atom. The van der Waals surface area contributed by atoms with Crippen LogP contribution >= 0.6 is 0 Å². The monoisotopic (exact) mass is 348 g/mol. The van der Waals surface area contributed by atoms with Crippen LogP contribution in [-0.4, -0.2) is 34.2 Å². The standard InChI is InChI=1S/C18H24N2O3S/c1-14-5-4-6-15(11-14)13-24(22,23)19-12-18(21)16-7-9-17(10-8-16)20(2)3/h4-11,18-19,21H,12-13H2,1-3H3. The van der Waals surface area contributed by atoms with Gasteiger partial charge in [0.25, 0.3) is 0 Å². The summed E-state index contributed by atoms with van der Waals surface area (Å²) in [6.07, 6.45) is -0.881. The molecule has 24 heavy (non-hydrogen) atoms. The van der Waals surface area contributed by atoms with Crippen LogP contribution in [0.2, 0.25) is 0 Å². The van der Waals surface area contributed by atoms with Crippen molar-refractivity contribution in [3.8, 4) is 0 Å². The molecule has 0 aromatic heterocycles. The number of nitrogens with zero attached hydrogens (tertiary/aromatic N) is 1. The van der Waals surface area contributed by atoms with Gasteiger partial charge in [0.05, 0.1) is 11.9 Å². The second kappa shape index (κ2) is 7.79. The molecule has 0 amide bonds. The van der Waals surface area contributed by atoms with Gasteiger partial charge in [-0.3, -0.25) is 0 Å². The van der Waals surface area contributed by atoms with Gasteiger partial charge in [-0.25, -0.2) is 13.1 Å². The van der Waals surface area contributed by atoms with E-state index in [2.05, 4.69) is 4.72 Å². The lowest BCUT2D eigenvalue weighted by Gasteiger charge is -2.16. The molecule has 0 spiro atoms. The molecule has 0 aliphatic carbocycles. The number of hydrogen-bond acceptors (Lipinski definition) is 4. The van der Waals surface area contributed by atoms with Crippen molar-refractivity contribution in [2.24, 2.45) is 0 Å². The van der Waals surface area contributed by atoms with Crippen molar-refractivity contribution in [3.05, 3.63) is 65.2 Å². The number of aryl methyl sites for hydroxylation is 1. The van der Waals surface area contributed by atoms with E-state index in [1.54, 1.807) is 18.2 Å². The molecule has 0 saturated heterocycles. The van der Waals surface area contributed by atoms with E-state index in [0.717, 1.165) is 16.8 Å². The normalized spacial score (nSPS) is 12.8. The fourth-order valence-electron chi connectivity index (χ4n) is 2.39. The summed E-state index contributed by atoms with van der Waals surface area (Å²) in [6.45, 7) is 1.88. The highest BCUT2D eigenvalue weighted by molar-refractivity contribution is 7.88. The first-order valence-corrected chi connectivity index (χ1v) is 9.40. The van der Waals surface area contributed by atoms with Gasteiger partial charge in [0.1, 0.15) is 0 Å². The lowest BCUT2D eigenvalue weighted by molar-refractivity contribution is 0.182. The molecule has 1 atom stereocenters. The maximum Gasteiger partial charge on any atom is 0.215 e. The molecule has 0 bridgehead atoms. The number of rotatable bonds is 7. The highest BCUT2D eigenvalue weighted by atomic mass is 32.2. The number of sulfonamides is 1. The average molecular weight is 348 g/mol. The summed E-state index contributed by atoms with van der Waals surface area (Å²) in [5.41, 5.74) is 3.45. The maximum absolute atomic E-state index is 12.2. The number of hydrogen-bond donors (Lipinski definition) is 2. The Morgan fingerprint density at radius 3 is 2.38 bits per heavy atom. The third-order valence-corrected chi connectivity index (χ3v) is 5.05. The van der Waals surface area contributed by atoms with Gasteiger partial charge in [0.2, 0.25) is 10.0 Å². The second-order valence-electron chi connectivity index (χ2n) is 6.10. The van der Waals surface area contributed by atoms with Crippen LogP contribution in [0.3, 0.4) is 0 Å². The number of benzene rings is 2. The van der Waals surface area contributed by atoms with Crippen LogP contribution in [-0.2, 0) is 15.8 Å². The third kappa shape index (κ3) is 5.33. The molecule has 1 unspecified atom stereocenters. The van der Waals surface area contributed by atoms with Gasteiger partial charge in [0, 0.05) is 26.3 Å². The van der Waals surface area contributed by atoms with E-state index in [1.165, 1.54) is 0 Å². The van der Waals surface area contributed by atoms with Crippen LogP contribution in [0.25, 0.3) is 0 Å². The maximum atomic E-state index is 12.2. The summed E-state index contributed by atoms with van der Waals surface area (Å²) in [5.74, 6) is -0.0963. The van der Waals surface area contributed by atoms with Crippen LogP contribution in [0.1, 0.15) is 22.8 Å². The minimum Gasteiger partial charge on any atom is -0.387 e. The van der Waals surface area contributed by atoms with Crippen LogP contribution in [0.4, 0.5) is 5.69 Å². The summed E-state index contributed by atoms with van der Waals surface area (Å²) < 4.78 is 26.8. The van der Waals surface area contributed by atoms with E-state index in [4.69, 9.17) is 0 Å². The molecule has 5 nitrogen and oxygen atoms in total. The van der Waals surface area contributed by atoms with Gasteiger partial charge >= 0.3 is 0 Å². The lowest BCUT2D eigenvalue weighted by atomic mass is 10.1. The fraction of sp³-hybridized carbons (Fsp3) is 0.333. The average Bonchev–Trinajstić information content (AvgIpc) is 2.52. The topological polar surface area (TPSA) is 69.6 Å². The van der Waals surface area contributed by atoms with E-state index in [0.29, 0.717) is 5.56 Å². The molecule has 0 radical (unpaired) electrons. The first-order chi connectivity index (χ1) is 11.3. The van der Waals surface area contributed by atoms with Gasteiger partial charge in [-0.05, 0) is 30.2 Å². The van der Waals surface area contributed by atoms with Crippen molar-refractivity contribution >= 4 is 15.7 Å². The van der Waals surface area contributed by atoms with E-state index in [-0.39, 0.29) is 12.3 Å². The minimum absolute atomic E-state index is 0.0462. The van der Waals surface area contributed by atoms with Crippen molar-refractivity contribution in [1.29, 1.82) is 0 Å². The Labute approximate surface area is 144 Å². The molecule has 130 valence electrons. The summed E-state index contributed by atoms with van der Waals surface area (Å²) in [4.78, 5) is 1.96. The Hall–Kier alpha value is -1.89. The Kier molecular flexibility index (Phi) is 5.99. The summed E-state index contributed by atoms with van der Waals surface area (Å²) in [6, 6.07) is 14.8. The SMILES string of the molecule is Cc1cccc(CS(=O)(=O)NCC(O)c2ccc(N(C)C)cc2)c1. The molecular formula is C18H24N2O3S. The molecule has 0 heterocycles.